The molecular formula is C25H32N4O7. The third kappa shape index (κ3) is 4.57. The van der Waals surface area contributed by atoms with Gasteiger partial charge in [0.2, 0.25) is 5.91 Å². The molecule has 1 aromatic rings. The van der Waals surface area contributed by atoms with Crippen molar-refractivity contribution in [3.05, 3.63) is 35.0 Å². The molecule has 194 valence electrons. The van der Waals surface area contributed by atoms with E-state index in [0.717, 1.165) is 0 Å². The van der Waals surface area contributed by atoms with Gasteiger partial charge in [-0.2, -0.15) is 0 Å². The van der Waals surface area contributed by atoms with Crippen molar-refractivity contribution in [1.82, 2.24) is 20.0 Å². The summed E-state index contributed by atoms with van der Waals surface area (Å²) in [5.41, 5.74) is 1.51. The van der Waals surface area contributed by atoms with Crippen LogP contribution in [-0.2, 0) is 19.1 Å². The standard InChI is InChI=1S/C25H32N4O7/c1-5-36-24(32)15-8-7-11-28(12-15)19(30)14-29-13-17-20(23(29)31)21(26-25(33)27(17)2)16-9-6-10-18(34-3)22(16)35-4/h6,9-10,15,21H,5,7-8,11-14H2,1-4H3,(H,26,33)/t15-,21+/m0/s1. The average Bonchev–Trinajstić information content (AvgIpc) is 3.21. The van der Waals surface area contributed by atoms with E-state index in [2.05, 4.69) is 5.32 Å². The number of ether oxygens (including phenoxy) is 3. The highest BCUT2D eigenvalue weighted by Gasteiger charge is 2.45. The molecule has 0 spiro atoms. The molecule has 0 saturated carbocycles. The fraction of sp³-hybridized carbons (Fsp3) is 0.520. The molecular weight excluding hydrogens is 468 g/mol. The summed E-state index contributed by atoms with van der Waals surface area (Å²) in [5.74, 6) is -0.341. The van der Waals surface area contributed by atoms with E-state index in [4.69, 9.17) is 14.2 Å². The van der Waals surface area contributed by atoms with E-state index in [0.29, 0.717) is 54.3 Å². The highest BCUT2D eigenvalue weighted by Crippen LogP contribution is 2.42. The number of nitrogens with zero attached hydrogens (tertiary/aromatic N) is 3. The second-order valence-electron chi connectivity index (χ2n) is 8.98. The number of amides is 4. The maximum absolute atomic E-state index is 13.6. The minimum atomic E-state index is -0.760. The number of carbonyl (C=O) groups is 4. The number of rotatable bonds is 7. The van der Waals surface area contributed by atoms with Gasteiger partial charge in [0.15, 0.2) is 11.5 Å². The fourth-order valence-corrected chi connectivity index (χ4v) is 5.04. The van der Waals surface area contributed by atoms with E-state index in [1.807, 2.05) is 0 Å². The zero-order valence-electron chi connectivity index (χ0n) is 21.0. The first-order valence-corrected chi connectivity index (χ1v) is 12.0. The summed E-state index contributed by atoms with van der Waals surface area (Å²) in [6.45, 7) is 2.82. The van der Waals surface area contributed by atoms with Crippen molar-refractivity contribution >= 4 is 23.8 Å². The number of likely N-dealkylation sites (tertiary alicyclic amines) is 1. The van der Waals surface area contributed by atoms with Crippen LogP contribution in [0.15, 0.2) is 29.5 Å². The molecule has 1 saturated heterocycles. The Bertz CT molecular complexity index is 1100. The number of nitrogens with one attached hydrogen (secondary N) is 1. The lowest BCUT2D eigenvalue weighted by atomic mass is 9.94. The Morgan fingerprint density at radius 2 is 1.94 bits per heavy atom. The van der Waals surface area contributed by atoms with Gasteiger partial charge < -0.3 is 29.3 Å². The van der Waals surface area contributed by atoms with Crippen LogP contribution in [-0.4, -0.2) is 92.6 Å². The summed E-state index contributed by atoms with van der Waals surface area (Å²) in [5, 5.41) is 2.88. The van der Waals surface area contributed by atoms with Gasteiger partial charge in [0, 0.05) is 25.7 Å². The van der Waals surface area contributed by atoms with Crippen LogP contribution in [0.5, 0.6) is 11.5 Å². The number of likely N-dealkylation sites (N-methyl/N-ethyl adjacent to an activating group) is 1. The summed E-state index contributed by atoms with van der Waals surface area (Å²) >= 11 is 0. The summed E-state index contributed by atoms with van der Waals surface area (Å²) in [6, 6.07) is 4.14. The Balaban J connectivity index is 1.55. The summed E-state index contributed by atoms with van der Waals surface area (Å²) in [7, 11) is 4.61. The molecule has 36 heavy (non-hydrogen) atoms. The molecule has 0 aliphatic carbocycles. The Labute approximate surface area is 209 Å². The van der Waals surface area contributed by atoms with Gasteiger partial charge >= 0.3 is 12.0 Å². The molecule has 0 unspecified atom stereocenters. The van der Waals surface area contributed by atoms with Gasteiger partial charge in [-0.25, -0.2) is 4.79 Å². The monoisotopic (exact) mass is 500 g/mol. The molecule has 0 bridgehead atoms. The first-order valence-electron chi connectivity index (χ1n) is 12.0. The maximum atomic E-state index is 13.6. The molecule has 1 N–H and O–H groups in total. The zero-order valence-corrected chi connectivity index (χ0v) is 21.0. The molecule has 11 heteroatoms. The minimum Gasteiger partial charge on any atom is -0.493 e. The highest BCUT2D eigenvalue weighted by molar-refractivity contribution is 6.03. The number of benzene rings is 1. The molecule has 1 fully saturated rings. The number of para-hydroxylation sites is 1. The number of piperidine rings is 1. The van der Waals surface area contributed by atoms with E-state index in [1.165, 1.54) is 24.0 Å². The molecule has 4 rings (SSSR count). The largest absolute Gasteiger partial charge is 0.493 e. The van der Waals surface area contributed by atoms with Crippen molar-refractivity contribution in [2.45, 2.75) is 25.8 Å². The lowest BCUT2D eigenvalue weighted by Gasteiger charge is -2.32. The van der Waals surface area contributed by atoms with Gasteiger partial charge in [-0.3, -0.25) is 19.3 Å². The second-order valence-corrected chi connectivity index (χ2v) is 8.98. The van der Waals surface area contributed by atoms with Crippen molar-refractivity contribution in [3.63, 3.8) is 0 Å². The first-order chi connectivity index (χ1) is 17.3. The number of carbonyl (C=O) groups excluding carboxylic acids is 4. The predicted octanol–water partition coefficient (Wildman–Crippen LogP) is 1.30. The van der Waals surface area contributed by atoms with Crippen LogP contribution in [0.3, 0.4) is 0 Å². The summed E-state index contributed by atoms with van der Waals surface area (Å²) in [6.07, 6.45) is 1.36. The zero-order chi connectivity index (χ0) is 26.0. The number of esters is 1. The van der Waals surface area contributed by atoms with E-state index in [9.17, 15) is 19.2 Å². The highest BCUT2D eigenvalue weighted by atomic mass is 16.5. The minimum absolute atomic E-state index is 0.127. The summed E-state index contributed by atoms with van der Waals surface area (Å²) in [4.78, 5) is 56.1. The summed E-state index contributed by atoms with van der Waals surface area (Å²) < 4.78 is 16.1. The van der Waals surface area contributed by atoms with Gasteiger partial charge in [-0.05, 0) is 25.8 Å². The van der Waals surface area contributed by atoms with Crippen LogP contribution < -0.4 is 14.8 Å². The molecule has 11 nitrogen and oxygen atoms in total. The number of hydrogen-bond donors (Lipinski definition) is 1. The molecule has 4 amide bonds. The third-order valence-corrected chi connectivity index (χ3v) is 6.90. The van der Waals surface area contributed by atoms with Crippen molar-refractivity contribution in [1.29, 1.82) is 0 Å². The molecule has 0 aromatic heterocycles. The van der Waals surface area contributed by atoms with Crippen LogP contribution in [0.4, 0.5) is 4.79 Å². The van der Waals surface area contributed by atoms with Gasteiger partial charge in [-0.15, -0.1) is 0 Å². The van der Waals surface area contributed by atoms with E-state index in [1.54, 1.807) is 37.1 Å². The normalized spacial score (nSPS) is 21.8. The number of methoxy groups -OCH3 is 2. The van der Waals surface area contributed by atoms with Crippen LogP contribution in [0.25, 0.3) is 0 Å². The molecule has 0 radical (unpaired) electrons. The third-order valence-electron chi connectivity index (χ3n) is 6.90. The van der Waals surface area contributed by atoms with E-state index in [-0.39, 0.29) is 49.4 Å². The molecule has 3 heterocycles. The van der Waals surface area contributed by atoms with E-state index >= 15 is 0 Å². The second kappa shape index (κ2) is 10.5. The molecule has 3 aliphatic heterocycles. The Morgan fingerprint density at radius 1 is 1.17 bits per heavy atom. The van der Waals surface area contributed by atoms with Gasteiger partial charge in [-0.1, -0.05) is 12.1 Å². The van der Waals surface area contributed by atoms with Crippen molar-refractivity contribution in [2.24, 2.45) is 5.92 Å². The van der Waals surface area contributed by atoms with Crippen molar-refractivity contribution in [2.75, 3.05) is 54.1 Å². The predicted molar refractivity (Wildman–Crippen MR) is 128 cm³/mol. The number of hydrogen-bond acceptors (Lipinski definition) is 7. The Morgan fingerprint density at radius 3 is 2.64 bits per heavy atom. The molecule has 2 atom stereocenters. The topological polar surface area (TPSA) is 118 Å². The fourth-order valence-electron chi connectivity index (χ4n) is 5.04. The quantitative estimate of drug-likeness (QED) is 0.561. The van der Waals surface area contributed by atoms with Gasteiger partial charge in [0.25, 0.3) is 5.91 Å². The first kappa shape index (κ1) is 25.3. The smallest absolute Gasteiger partial charge is 0.322 e. The van der Waals surface area contributed by atoms with Crippen LogP contribution in [0.1, 0.15) is 31.4 Å². The Kier molecular flexibility index (Phi) is 7.37. The lowest BCUT2D eigenvalue weighted by molar-refractivity contribution is -0.152. The lowest BCUT2D eigenvalue weighted by Crippen LogP contribution is -2.47. The molecule has 1 aromatic carbocycles. The van der Waals surface area contributed by atoms with Crippen LogP contribution >= 0.6 is 0 Å². The van der Waals surface area contributed by atoms with Gasteiger partial charge in [0.05, 0.1) is 50.6 Å². The van der Waals surface area contributed by atoms with Crippen LogP contribution in [0.2, 0.25) is 0 Å². The Hall–Kier alpha value is -3.76. The van der Waals surface area contributed by atoms with Crippen molar-refractivity contribution in [3.8, 4) is 11.5 Å². The van der Waals surface area contributed by atoms with Crippen molar-refractivity contribution < 1.29 is 33.4 Å². The average molecular weight is 501 g/mol. The number of urea groups is 1. The van der Waals surface area contributed by atoms with Gasteiger partial charge in [0.1, 0.15) is 6.54 Å². The SMILES string of the molecule is CCOC(=O)[C@H]1CCCN(C(=O)CN2CC3=C(C2=O)[C@@H](c2cccc(OC)c2OC)NC(=O)N3C)C1. The molecule has 3 aliphatic rings. The maximum Gasteiger partial charge on any atom is 0.322 e. The van der Waals surface area contributed by atoms with E-state index < -0.39 is 6.04 Å². The van der Waals surface area contributed by atoms with Crippen LogP contribution in [0, 0.1) is 5.92 Å².